The van der Waals surface area contributed by atoms with E-state index < -0.39 is 17.8 Å². The maximum atomic E-state index is 12.5. The normalized spacial score (nSPS) is 20.5. The molecule has 0 fully saturated rings. The molecule has 5 nitrogen and oxygen atoms in total. The molecule has 2 N–H and O–H groups in total. The molecule has 1 heterocycles. The molecule has 6 heteroatoms. The van der Waals surface area contributed by atoms with Crippen molar-refractivity contribution in [3.05, 3.63) is 35.4 Å². The first-order chi connectivity index (χ1) is 11.5. The van der Waals surface area contributed by atoms with E-state index in [9.17, 15) is 14.7 Å². The number of rotatable bonds is 4. The van der Waals surface area contributed by atoms with Gasteiger partial charge in [0.1, 0.15) is 0 Å². The van der Waals surface area contributed by atoms with E-state index in [0.29, 0.717) is 24.4 Å². The Balaban J connectivity index is 1.79. The lowest BCUT2D eigenvalue weighted by Crippen LogP contribution is -2.34. The summed E-state index contributed by atoms with van der Waals surface area (Å²) >= 11 is 1.62. The van der Waals surface area contributed by atoms with Crippen molar-refractivity contribution in [2.75, 3.05) is 5.32 Å². The third kappa shape index (κ3) is 3.33. The highest BCUT2D eigenvalue weighted by atomic mass is 32.1. The third-order valence-electron chi connectivity index (χ3n) is 4.25. The molecule has 24 heavy (non-hydrogen) atoms. The average molecular weight is 344 g/mol. The summed E-state index contributed by atoms with van der Waals surface area (Å²) in [5.41, 5.74) is 1.61. The number of hydrogen-bond donors (Lipinski definition) is 2. The number of hydrogen-bond acceptors (Lipinski definition) is 4. The minimum atomic E-state index is -0.918. The Morgan fingerprint density at radius 3 is 2.62 bits per heavy atom. The molecule has 0 radical (unpaired) electrons. The third-order valence-corrected chi connectivity index (χ3v) is 5.57. The van der Waals surface area contributed by atoms with Gasteiger partial charge in [-0.05, 0) is 31.0 Å². The second kappa shape index (κ2) is 6.73. The number of thiazole rings is 1. The van der Waals surface area contributed by atoms with Crippen LogP contribution in [-0.4, -0.2) is 22.0 Å². The zero-order valence-electron chi connectivity index (χ0n) is 13.7. The quantitative estimate of drug-likeness (QED) is 0.821. The van der Waals surface area contributed by atoms with Gasteiger partial charge in [-0.1, -0.05) is 26.0 Å². The average Bonchev–Trinajstić information content (AvgIpc) is 2.98. The summed E-state index contributed by atoms with van der Waals surface area (Å²) in [5, 5.41) is 13.2. The Bertz CT molecular complexity index is 810. The monoisotopic (exact) mass is 344 g/mol. The van der Waals surface area contributed by atoms with Crippen molar-refractivity contribution in [3.8, 4) is 0 Å². The summed E-state index contributed by atoms with van der Waals surface area (Å²) in [7, 11) is 0. The number of carbonyl (C=O) groups excluding carboxylic acids is 1. The van der Waals surface area contributed by atoms with Gasteiger partial charge >= 0.3 is 5.97 Å². The Kier molecular flexibility index (Phi) is 4.66. The molecule has 1 aromatic carbocycles. The molecular formula is C18H20N2O3S. The minimum absolute atomic E-state index is 0.236. The summed E-state index contributed by atoms with van der Waals surface area (Å²) in [4.78, 5) is 28.4. The maximum absolute atomic E-state index is 12.5. The standard InChI is InChI=1S/C18H20N2O3S/c1-10(2)17-20-14-8-7-11(9-15(14)24-17)19-16(21)12-5-3-4-6-13(12)18(22)23/h3-4,7-10,12-13H,5-6H2,1-2H3,(H,19,21)(H,22,23)/t12-,13+/m0/s1. The van der Waals surface area contributed by atoms with Crippen molar-refractivity contribution in [2.45, 2.75) is 32.6 Å². The van der Waals surface area contributed by atoms with Crippen molar-refractivity contribution in [2.24, 2.45) is 11.8 Å². The molecule has 1 aromatic heterocycles. The lowest BCUT2D eigenvalue weighted by Gasteiger charge is -2.24. The molecule has 0 aliphatic heterocycles. The first-order valence-corrected chi connectivity index (χ1v) is 8.86. The van der Waals surface area contributed by atoms with Crippen molar-refractivity contribution < 1.29 is 14.7 Å². The van der Waals surface area contributed by atoms with Crippen molar-refractivity contribution in [1.29, 1.82) is 0 Å². The van der Waals surface area contributed by atoms with Gasteiger partial charge in [0.05, 0.1) is 27.1 Å². The lowest BCUT2D eigenvalue weighted by atomic mass is 9.82. The number of nitrogens with one attached hydrogen (secondary N) is 1. The predicted octanol–water partition coefficient (Wildman–Crippen LogP) is 4.03. The highest BCUT2D eigenvalue weighted by Gasteiger charge is 2.33. The fourth-order valence-electron chi connectivity index (χ4n) is 2.88. The summed E-state index contributed by atoms with van der Waals surface area (Å²) in [6, 6.07) is 5.62. The number of anilines is 1. The van der Waals surface area contributed by atoms with Crippen molar-refractivity contribution in [3.63, 3.8) is 0 Å². The fraction of sp³-hybridized carbons (Fsp3) is 0.389. The fourth-order valence-corrected chi connectivity index (χ4v) is 3.89. The van der Waals surface area contributed by atoms with Crippen LogP contribution >= 0.6 is 11.3 Å². The maximum Gasteiger partial charge on any atom is 0.307 e. The van der Waals surface area contributed by atoms with Crippen LogP contribution in [0.3, 0.4) is 0 Å². The van der Waals surface area contributed by atoms with Crippen LogP contribution in [0.25, 0.3) is 10.2 Å². The van der Waals surface area contributed by atoms with Crippen LogP contribution in [0.4, 0.5) is 5.69 Å². The molecule has 0 bridgehead atoms. The van der Waals surface area contributed by atoms with Gasteiger partial charge in [0.15, 0.2) is 0 Å². The topological polar surface area (TPSA) is 79.3 Å². The molecule has 0 spiro atoms. The molecule has 0 unspecified atom stereocenters. The zero-order chi connectivity index (χ0) is 17.3. The largest absolute Gasteiger partial charge is 0.481 e. The van der Waals surface area contributed by atoms with Crippen LogP contribution in [0.5, 0.6) is 0 Å². The summed E-state index contributed by atoms with van der Waals surface area (Å²) in [5.74, 6) is -1.98. The molecule has 2 aromatic rings. The second-order valence-electron chi connectivity index (χ2n) is 6.37. The molecule has 1 aliphatic carbocycles. The number of fused-ring (bicyclic) bond motifs is 1. The molecule has 1 aliphatic rings. The van der Waals surface area contributed by atoms with Crippen LogP contribution in [0.1, 0.15) is 37.6 Å². The van der Waals surface area contributed by atoms with E-state index in [0.717, 1.165) is 15.2 Å². The van der Waals surface area contributed by atoms with E-state index in [4.69, 9.17) is 0 Å². The lowest BCUT2D eigenvalue weighted by molar-refractivity contribution is -0.146. The minimum Gasteiger partial charge on any atom is -0.481 e. The van der Waals surface area contributed by atoms with E-state index in [2.05, 4.69) is 24.1 Å². The highest BCUT2D eigenvalue weighted by molar-refractivity contribution is 7.18. The van der Waals surface area contributed by atoms with E-state index in [1.165, 1.54) is 0 Å². The highest BCUT2D eigenvalue weighted by Crippen LogP contribution is 2.31. The number of amides is 1. The number of aromatic nitrogens is 1. The molecular weight excluding hydrogens is 324 g/mol. The van der Waals surface area contributed by atoms with Crippen LogP contribution in [-0.2, 0) is 9.59 Å². The van der Waals surface area contributed by atoms with E-state index in [1.807, 2.05) is 30.4 Å². The van der Waals surface area contributed by atoms with E-state index >= 15 is 0 Å². The zero-order valence-corrected chi connectivity index (χ0v) is 14.5. The number of allylic oxidation sites excluding steroid dienone is 2. The van der Waals surface area contributed by atoms with Crippen molar-refractivity contribution in [1.82, 2.24) is 4.98 Å². The van der Waals surface area contributed by atoms with E-state index in [-0.39, 0.29) is 5.91 Å². The van der Waals surface area contributed by atoms with Crippen LogP contribution in [0.2, 0.25) is 0 Å². The molecule has 0 saturated heterocycles. The summed E-state index contributed by atoms with van der Waals surface area (Å²) in [6.07, 6.45) is 4.58. The Morgan fingerprint density at radius 2 is 1.96 bits per heavy atom. The number of benzene rings is 1. The number of nitrogens with zero attached hydrogens (tertiary/aromatic N) is 1. The van der Waals surface area contributed by atoms with Crippen LogP contribution < -0.4 is 5.32 Å². The SMILES string of the molecule is CC(C)c1nc2ccc(NC(=O)[C@H]3CC=CC[C@H]3C(=O)O)cc2s1. The van der Waals surface area contributed by atoms with Crippen LogP contribution in [0, 0.1) is 11.8 Å². The number of carboxylic acid groups (broad SMARTS) is 1. The Hall–Kier alpha value is -2.21. The second-order valence-corrected chi connectivity index (χ2v) is 7.43. The number of aliphatic carboxylic acids is 1. The van der Waals surface area contributed by atoms with Gasteiger partial charge in [-0.15, -0.1) is 11.3 Å². The van der Waals surface area contributed by atoms with Gasteiger partial charge in [-0.3, -0.25) is 9.59 Å². The van der Waals surface area contributed by atoms with Crippen LogP contribution in [0.15, 0.2) is 30.4 Å². The van der Waals surface area contributed by atoms with Gasteiger partial charge in [0, 0.05) is 11.6 Å². The summed E-state index contributed by atoms with van der Waals surface area (Å²) < 4.78 is 1.02. The predicted molar refractivity (Wildman–Crippen MR) is 95.3 cm³/mol. The van der Waals surface area contributed by atoms with Gasteiger partial charge in [-0.2, -0.15) is 0 Å². The molecule has 1 amide bonds. The number of carboxylic acids is 1. The molecule has 126 valence electrons. The van der Waals surface area contributed by atoms with Gasteiger partial charge < -0.3 is 10.4 Å². The van der Waals surface area contributed by atoms with Gasteiger partial charge in [-0.25, -0.2) is 4.98 Å². The first-order valence-electron chi connectivity index (χ1n) is 8.05. The van der Waals surface area contributed by atoms with Gasteiger partial charge in [0.2, 0.25) is 5.91 Å². The van der Waals surface area contributed by atoms with Crippen molar-refractivity contribution >= 4 is 39.1 Å². The number of carbonyl (C=O) groups is 2. The molecule has 3 rings (SSSR count). The molecule has 0 saturated carbocycles. The van der Waals surface area contributed by atoms with Gasteiger partial charge in [0.25, 0.3) is 0 Å². The Labute approximate surface area is 144 Å². The first kappa shape index (κ1) is 16.6. The Morgan fingerprint density at radius 1 is 1.25 bits per heavy atom. The smallest absolute Gasteiger partial charge is 0.307 e. The van der Waals surface area contributed by atoms with E-state index in [1.54, 1.807) is 11.3 Å². The molecule has 2 atom stereocenters. The summed E-state index contributed by atoms with van der Waals surface area (Å²) in [6.45, 7) is 4.20.